The first-order valence-corrected chi connectivity index (χ1v) is 6.52. The van der Waals surface area contributed by atoms with Gasteiger partial charge in [0.05, 0.1) is 12.6 Å². The summed E-state index contributed by atoms with van der Waals surface area (Å²) < 4.78 is 0. The highest BCUT2D eigenvalue weighted by Crippen LogP contribution is 2.15. The van der Waals surface area contributed by atoms with E-state index in [0.717, 1.165) is 13.1 Å². The van der Waals surface area contributed by atoms with Crippen LogP contribution in [0.2, 0.25) is 0 Å². The van der Waals surface area contributed by atoms with Crippen LogP contribution in [0.5, 0.6) is 0 Å². The molecule has 0 aromatic heterocycles. The lowest BCUT2D eigenvalue weighted by molar-refractivity contribution is 0.297. The van der Waals surface area contributed by atoms with Gasteiger partial charge in [0.1, 0.15) is 0 Å². The van der Waals surface area contributed by atoms with Gasteiger partial charge in [-0.15, -0.1) is 0 Å². The summed E-state index contributed by atoms with van der Waals surface area (Å²) in [5, 5.41) is 10.7. The first-order valence-electron chi connectivity index (χ1n) is 6.52. The van der Waals surface area contributed by atoms with Crippen LogP contribution in [-0.2, 0) is 0 Å². The molecule has 0 radical (unpaired) electrons. The van der Waals surface area contributed by atoms with E-state index < -0.39 is 0 Å². The molecule has 0 saturated carbocycles. The van der Waals surface area contributed by atoms with Crippen LogP contribution in [0.25, 0.3) is 0 Å². The third-order valence-electron chi connectivity index (χ3n) is 2.92. The molecule has 0 saturated heterocycles. The van der Waals surface area contributed by atoms with E-state index in [0.29, 0.717) is 6.04 Å². The molecular formula is C12H25N3. The Kier molecular flexibility index (Phi) is 6.37. The zero-order valence-electron chi connectivity index (χ0n) is 10.3. The van der Waals surface area contributed by atoms with Crippen LogP contribution >= 0.6 is 0 Å². The Morgan fingerprint density at radius 3 is 2.60 bits per heavy atom. The normalized spacial score (nSPS) is 20.1. The molecule has 1 rings (SSSR count). The largest absolute Gasteiger partial charge is 0.277 e. The van der Waals surface area contributed by atoms with Gasteiger partial charge in [0.25, 0.3) is 0 Å². The van der Waals surface area contributed by atoms with Crippen molar-refractivity contribution < 1.29 is 0 Å². The minimum atomic E-state index is 0.483. The minimum Gasteiger partial charge on any atom is -0.277 e. The smallest absolute Gasteiger partial charge is 0.0921 e. The van der Waals surface area contributed by atoms with Crippen molar-refractivity contribution in [2.45, 2.75) is 64.8 Å². The van der Waals surface area contributed by atoms with Crippen molar-refractivity contribution >= 4 is 0 Å². The van der Waals surface area contributed by atoms with E-state index in [9.17, 15) is 0 Å². The molecule has 0 fully saturated rings. The molecule has 0 amide bonds. The molecule has 0 aliphatic carbocycles. The zero-order valence-corrected chi connectivity index (χ0v) is 10.3. The van der Waals surface area contributed by atoms with Gasteiger partial charge in [-0.2, -0.15) is 5.11 Å². The molecule has 15 heavy (non-hydrogen) atoms. The summed E-state index contributed by atoms with van der Waals surface area (Å²) in [7, 11) is 0. The van der Waals surface area contributed by atoms with Gasteiger partial charge in [-0.1, -0.05) is 51.2 Å². The van der Waals surface area contributed by atoms with Crippen LogP contribution in [-0.4, -0.2) is 24.1 Å². The molecular weight excluding hydrogens is 186 g/mol. The lowest BCUT2D eigenvalue weighted by Crippen LogP contribution is -2.21. The maximum absolute atomic E-state index is 4.30. The predicted octanol–water partition coefficient (Wildman–Crippen LogP) is 3.81. The van der Waals surface area contributed by atoms with Gasteiger partial charge in [0.2, 0.25) is 0 Å². The van der Waals surface area contributed by atoms with Gasteiger partial charge in [-0.25, -0.2) is 0 Å². The Morgan fingerprint density at radius 2 is 1.87 bits per heavy atom. The third kappa shape index (κ3) is 5.14. The van der Waals surface area contributed by atoms with Crippen molar-refractivity contribution in [2.75, 3.05) is 13.1 Å². The molecule has 1 atom stereocenters. The summed E-state index contributed by atoms with van der Waals surface area (Å²) in [5.74, 6) is 0. The van der Waals surface area contributed by atoms with Crippen LogP contribution in [0.3, 0.4) is 0 Å². The van der Waals surface area contributed by atoms with Crippen molar-refractivity contribution in [3.63, 3.8) is 0 Å². The Balaban J connectivity index is 2.02. The van der Waals surface area contributed by atoms with E-state index >= 15 is 0 Å². The molecule has 1 aliphatic heterocycles. The zero-order chi connectivity index (χ0) is 10.9. The van der Waals surface area contributed by atoms with Gasteiger partial charge in [0, 0.05) is 6.54 Å². The van der Waals surface area contributed by atoms with E-state index in [1.807, 2.05) is 0 Å². The highest BCUT2D eigenvalue weighted by Gasteiger charge is 2.17. The quantitative estimate of drug-likeness (QED) is 0.561. The van der Waals surface area contributed by atoms with Gasteiger partial charge in [-0.05, 0) is 12.8 Å². The standard InChI is InChI=1S/C12H25N3/c1-3-5-7-8-10-15-11-12(13-14-15)9-6-4-2/h12H,3-11H2,1-2H3. The van der Waals surface area contributed by atoms with Gasteiger partial charge < -0.3 is 0 Å². The summed E-state index contributed by atoms with van der Waals surface area (Å²) in [6.45, 7) is 6.64. The van der Waals surface area contributed by atoms with Crippen LogP contribution in [0, 0.1) is 0 Å². The maximum Gasteiger partial charge on any atom is 0.0921 e. The Hall–Kier alpha value is -0.600. The van der Waals surface area contributed by atoms with Crippen LogP contribution < -0.4 is 0 Å². The van der Waals surface area contributed by atoms with Crippen molar-refractivity contribution in [3.8, 4) is 0 Å². The average molecular weight is 211 g/mol. The van der Waals surface area contributed by atoms with Crippen molar-refractivity contribution in [1.29, 1.82) is 0 Å². The fourth-order valence-electron chi connectivity index (χ4n) is 1.91. The minimum absolute atomic E-state index is 0.483. The van der Waals surface area contributed by atoms with Crippen LogP contribution in [0.15, 0.2) is 10.3 Å². The van der Waals surface area contributed by atoms with E-state index in [2.05, 4.69) is 29.2 Å². The highest BCUT2D eigenvalue weighted by atomic mass is 15.6. The van der Waals surface area contributed by atoms with Crippen LogP contribution in [0.4, 0.5) is 0 Å². The molecule has 0 aromatic rings. The van der Waals surface area contributed by atoms with Crippen molar-refractivity contribution in [3.05, 3.63) is 0 Å². The second-order valence-electron chi connectivity index (χ2n) is 4.47. The SMILES string of the molecule is CCCCCCN1CC(CCCC)N=N1. The summed E-state index contributed by atoms with van der Waals surface area (Å²) in [6.07, 6.45) is 9.03. The van der Waals surface area contributed by atoms with E-state index in [4.69, 9.17) is 0 Å². The summed E-state index contributed by atoms with van der Waals surface area (Å²) in [6, 6.07) is 0.483. The Bertz CT molecular complexity index is 180. The molecule has 1 unspecified atom stereocenters. The maximum atomic E-state index is 4.30. The number of hydrogen-bond donors (Lipinski definition) is 0. The molecule has 0 spiro atoms. The third-order valence-corrected chi connectivity index (χ3v) is 2.92. The molecule has 3 heteroatoms. The molecule has 1 aliphatic rings. The van der Waals surface area contributed by atoms with Crippen molar-refractivity contribution in [1.82, 2.24) is 5.01 Å². The molecule has 88 valence electrons. The molecule has 1 heterocycles. The van der Waals surface area contributed by atoms with E-state index in [1.165, 1.54) is 44.9 Å². The molecule has 3 nitrogen and oxygen atoms in total. The lowest BCUT2D eigenvalue weighted by atomic mass is 10.1. The number of unbranched alkanes of at least 4 members (excludes halogenated alkanes) is 4. The summed E-state index contributed by atoms with van der Waals surface area (Å²) >= 11 is 0. The van der Waals surface area contributed by atoms with Gasteiger partial charge in [0.15, 0.2) is 0 Å². The number of hydrogen-bond acceptors (Lipinski definition) is 3. The first-order chi connectivity index (χ1) is 7.36. The fraction of sp³-hybridized carbons (Fsp3) is 1.00. The van der Waals surface area contributed by atoms with E-state index in [-0.39, 0.29) is 0 Å². The first kappa shape index (κ1) is 12.5. The Morgan fingerprint density at radius 1 is 1.07 bits per heavy atom. The predicted molar refractivity (Wildman–Crippen MR) is 63.9 cm³/mol. The molecule has 0 bridgehead atoms. The molecule has 0 aromatic carbocycles. The van der Waals surface area contributed by atoms with E-state index in [1.54, 1.807) is 0 Å². The summed E-state index contributed by atoms with van der Waals surface area (Å²) in [4.78, 5) is 0. The van der Waals surface area contributed by atoms with Gasteiger partial charge >= 0.3 is 0 Å². The summed E-state index contributed by atoms with van der Waals surface area (Å²) in [5.41, 5.74) is 0. The van der Waals surface area contributed by atoms with Crippen LogP contribution in [0.1, 0.15) is 58.8 Å². The Labute approximate surface area is 93.9 Å². The topological polar surface area (TPSA) is 28.0 Å². The molecule has 0 N–H and O–H groups in total. The van der Waals surface area contributed by atoms with Crippen molar-refractivity contribution in [2.24, 2.45) is 10.3 Å². The fourth-order valence-corrected chi connectivity index (χ4v) is 1.91. The lowest BCUT2D eigenvalue weighted by Gasteiger charge is -2.13. The number of nitrogens with zero attached hydrogens (tertiary/aromatic N) is 3. The second kappa shape index (κ2) is 7.66. The number of rotatable bonds is 8. The average Bonchev–Trinajstić information content (AvgIpc) is 2.69. The van der Waals surface area contributed by atoms with Gasteiger partial charge in [-0.3, -0.25) is 5.01 Å². The highest BCUT2D eigenvalue weighted by molar-refractivity contribution is 4.73. The second-order valence-corrected chi connectivity index (χ2v) is 4.47. The monoisotopic (exact) mass is 211 g/mol.